The summed E-state index contributed by atoms with van der Waals surface area (Å²) in [4.78, 5) is 16.6. The predicted molar refractivity (Wildman–Crippen MR) is 110 cm³/mol. The van der Waals surface area contributed by atoms with E-state index in [1.54, 1.807) is 12.1 Å². The summed E-state index contributed by atoms with van der Waals surface area (Å²) in [6.07, 6.45) is 0.797. The van der Waals surface area contributed by atoms with Crippen molar-refractivity contribution in [1.29, 1.82) is 0 Å². The number of thiazole rings is 1. The van der Waals surface area contributed by atoms with Gasteiger partial charge < -0.3 is 10.6 Å². The van der Waals surface area contributed by atoms with Crippen LogP contribution < -0.4 is 15.8 Å². The summed E-state index contributed by atoms with van der Waals surface area (Å²) >= 11 is 1.45. The lowest BCUT2D eigenvalue weighted by atomic mass is 10.1. The van der Waals surface area contributed by atoms with Gasteiger partial charge in [-0.2, -0.15) is 0 Å². The molecule has 4 N–H and O–H groups in total. The number of nitrogens with two attached hydrogens (primary N) is 1. The lowest BCUT2D eigenvalue weighted by Crippen LogP contribution is -2.27. The van der Waals surface area contributed by atoms with Crippen LogP contribution in [-0.4, -0.2) is 25.9 Å². The molecule has 1 heterocycles. The van der Waals surface area contributed by atoms with Gasteiger partial charge in [-0.15, -0.1) is 11.3 Å². The van der Waals surface area contributed by atoms with Gasteiger partial charge in [0.25, 0.3) is 0 Å². The van der Waals surface area contributed by atoms with Crippen molar-refractivity contribution in [2.45, 2.75) is 17.7 Å². The highest BCUT2D eigenvalue weighted by Gasteiger charge is 2.09. The molecule has 0 fully saturated rings. The molecule has 0 aliphatic carbocycles. The van der Waals surface area contributed by atoms with Gasteiger partial charge in [0.2, 0.25) is 15.9 Å². The highest BCUT2D eigenvalue weighted by atomic mass is 32.2. The fraction of sp³-hybridized carbons (Fsp3) is 0.158. The number of nitrogens with zero attached hydrogens (tertiary/aromatic N) is 1. The highest BCUT2D eigenvalue weighted by Crippen LogP contribution is 2.20. The van der Waals surface area contributed by atoms with Gasteiger partial charge in [-0.25, -0.2) is 18.5 Å². The first-order valence-corrected chi connectivity index (χ1v) is 11.0. The minimum absolute atomic E-state index is 0.0729. The van der Waals surface area contributed by atoms with Gasteiger partial charge in [0.05, 0.1) is 17.0 Å². The minimum atomic E-state index is -3.69. The standard InChI is InChI=1S/C19H20N4O3S2/c20-28(25,26)17-8-6-14(7-9-17)10-11-21-18(24)12-16-13-27-19(23-16)22-15-4-2-1-3-5-15/h1-9,13H,10-12H2,(H,21,24)(H,22,23)(H2,20,25,26). The molecule has 7 nitrogen and oxygen atoms in total. The van der Waals surface area contributed by atoms with Crippen molar-refractivity contribution >= 4 is 38.1 Å². The summed E-state index contributed by atoms with van der Waals surface area (Å²) in [6.45, 7) is 0.451. The molecule has 0 aliphatic heterocycles. The van der Waals surface area contributed by atoms with Crippen molar-refractivity contribution in [3.8, 4) is 0 Å². The van der Waals surface area contributed by atoms with Crippen molar-refractivity contribution in [1.82, 2.24) is 10.3 Å². The molecule has 0 unspecified atom stereocenters. The lowest BCUT2D eigenvalue weighted by molar-refractivity contribution is -0.120. The summed E-state index contributed by atoms with van der Waals surface area (Å²) in [7, 11) is -3.69. The summed E-state index contributed by atoms with van der Waals surface area (Å²) < 4.78 is 22.5. The van der Waals surface area contributed by atoms with Crippen LogP contribution >= 0.6 is 11.3 Å². The average Bonchev–Trinajstić information content (AvgIpc) is 3.09. The molecule has 1 aromatic heterocycles. The zero-order chi connectivity index (χ0) is 20.0. The van der Waals surface area contributed by atoms with Gasteiger partial charge in [0, 0.05) is 17.6 Å². The maximum atomic E-state index is 12.1. The number of aromatic nitrogens is 1. The first-order valence-electron chi connectivity index (χ1n) is 8.55. The fourth-order valence-electron chi connectivity index (χ4n) is 2.51. The van der Waals surface area contributed by atoms with E-state index in [0.29, 0.717) is 18.7 Å². The molecular formula is C19H20N4O3S2. The second kappa shape index (κ2) is 8.96. The highest BCUT2D eigenvalue weighted by molar-refractivity contribution is 7.89. The maximum absolute atomic E-state index is 12.1. The van der Waals surface area contributed by atoms with E-state index < -0.39 is 10.0 Å². The van der Waals surface area contributed by atoms with Gasteiger partial charge in [-0.1, -0.05) is 30.3 Å². The lowest BCUT2D eigenvalue weighted by Gasteiger charge is -2.05. The summed E-state index contributed by atoms with van der Waals surface area (Å²) in [5, 5.41) is 13.7. The molecule has 3 aromatic rings. The number of primary sulfonamides is 1. The Morgan fingerprint density at radius 1 is 1.07 bits per heavy atom. The number of hydrogen-bond acceptors (Lipinski definition) is 6. The quantitative estimate of drug-likeness (QED) is 0.522. The maximum Gasteiger partial charge on any atom is 0.238 e. The molecule has 1 amide bonds. The fourth-order valence-corrected chi connectivity index (χ4v) is 3.76. The van der Waals surface area contributed by atoms with Gasteiger partial charge >= 0.3 is 0 Å². The molecule has 0 saturated carbocycles. The molecule has 0 spiro atoms. The van der Waals surface area contributed by atoms with Crippen LogP contribution in [0.1, 0.15) is 11.3 Å². The summed E-state index contributed by atoms with van der Waals surface area (Å²) in [5.41, 5.74) is 2.57. The number of para-hydroxylation sites is 1. The average molecular weight is 417 g/mol. The second-order valence-corrected chi connectivity index (χ2v) is 8.52. The van der Waals surface area contributed by atoms with Crippen LogP contribution in [0, 0.1) is 0 Å². The zero-order valence-corrected chi connectivity index (χ0v) is 16.6. The Labute approximate surface area is 167 Å². The van der Waals surface area contributed by atoms with Gasteiger partial charge in [-0.05, 0) is 36.2 Å². The Morgan fingerprint density at radius 3 is 2.46 bits per heavy atom. The number of benzene rings is 2. The number of rotatable bonds is 8. The van der Waals surface area contributed by atoms with Crippen LogP contribution in [0.2, 0.25) is 0 Å². The predicted octanol–water partition coefficient (Wildman–Crippen LogP) is 2.44. The summed E-state index contributed by atoms with van der Waals surface area (Å²) in [6, 6.07) is 16.0. The topological polar surface area (TPSA) is 114 Å². The number of sulfonamides is 1. The van der Waals surface area contributed by atoms with Crippen LogP contribution in [0.5, 0.6) is 0 Å². The minimum Gasteiger partial charge on any atom is -0.355 e. The van der Waals surface area contributed by atoms with Crippen LogP contribution in [0.25, 0.3) is 0 Å². The van der Waals surface area contributed by atoms with Crippen LogP contribution in [0.15, 0.2) is 64.9 Å². The molecule has 0 aliphatic rings. The molecule has 0 radical (unpaired) electrons. The van der Waals surface area contributed by atoms with Crippen molar-refractivity contribution in [2.75, 3.05) is 11.9 Å². The Balaban J connectivity index is 1.44. The van der Waals surface area contributed by atoms with Gasteiger partial charge in [-0.3, -0.25) is 4.79 Å². The molecule has 2 aromatic carbocycles. The van der Waals surface area contributed by atoms with Crippen LogP contribution in [-0.2, 0) is 27.7 Å². The Kier molecular flexibility index (Phi) is 6.40. The molecule has 0 bridgehead atoms. The Hall–Kier alpha value is -2.75. The van der Waals surface area contributed by atoms with E-state index in [1.807, 2.05) is 35.7 Å². The van der Waals surface area contributed by atoms with Crippen molar-refractivity contribution in [3.05, 3.63) is 71.2 Å². The molecule has 9 heteroatoms. The third kappa shape index (κ3) is 5.88. The van der Waals surface area contributed by atoms with Gasteiger partial charge in [0.1, 0.15) is 0 Å². The third-order valence-corrected chi connectivity index (χ3v) is 5.64. The Morgan fingerprint density at radius 2 is 1.79 bits per heavy atom. The number of anilines is 2. The Bertz CT molecular complexity index is 1030. The van der Waals surface area contributed by atoms with E-state index in [4.69, 9.17) is 5.14 Å². The number of amides is 1. The molecule has 28 heavy (non-hydrogen) atoms. The molecule has 0 saturated heterocycles. The number of carbonyl (C=O) groups excluding carboxylic acids is 1. The number of carbonyl (C=O) groups is 1. The number of hydrogen-bond donors (Lipinski definition) is 3. The van der Waals surface area contributed by atoms with E-state index in [1.165, 1.54) is 23.5 Å². The second-order valence-electron chi connectivity index (χ2n) is 6.10. The van der Waals surface area contributed by atoms with Crippen LogP contribution in [0.3, 0.4) is 0 Å². The molecule has 146 valence electrons. The van der Waals surface area contributed by atoms with E-state index >= 15 is 0 Å². The van der Waals surface area contributed by atoms with Crippen LogP contribution in [0.4, 0.5) is 10.8 Å². The first kappa shape index (κ1) is 20.0. The van der Waals surface area contributed by atoms with Crippen molar-refractivity contribution in [2.24, 2.45) is 5.14 Å². The normalized spacial score (nSPS) is 11.2. The van der Waals surface area contributed by atoms with E-state index in [2.05, 4.69) is 15.6 Å². The number of nitrogens with one attached hydrogen (secondary N) is 2. The van der Waals surface area contributed by atoms with Crippen molar-refractivity contribution < 1.29 is 13.2 Å². The molecular weight excluding hydrogens is 396 g/mol. The van der Waals surface area contributed by atoms with Crippen molar-refractivity contribution in [3.63, 3.8) is 0 Å². The molecule has 0 atom stereocenters. The van der Waals surface area contributed by atoms with Gasteiger partial charge in [0.15, 0.2) is 5.13 Å². The largest absolute Gasteiger partial charge is 0.355 e. The smallest absolute Gasteiger partial charge is 0.238 e. The monoisotopic (exact) mass is 416 g/mol. The van der Waals surface area contributed by atoms with E-state index in [9.17, 15) is 13.2 Å². The molecule has 3 rings (SSSR count). The first-order chi connectivity index (χ1) is 13.4. The third-order valence-electron chi connectivity index (χ3n) is 3.91. The SMILES string of the molecule is NS(=O)(=O)c1ccc(CCNC(=O)Cc2csc(Nc3ccccc3)n2)cc1. The summed E-state index contributed by atoms with van der Waals surface area (Å²) in [5.74, 6) is -0.113. The van der Waals surface area contributed by atoms with E-state index in [0.717, 1.165) is 16.4 Å². The van der Waals surface area contributed by atoms with E-state index in [-0.39, 0.29) is 17.2 Å². The zero-order valence-electron chi connectivity index (χ0n) is 15.0.